The van der Waals surface area contributed by atoms with Crippen LogP contribution in [0.25, 0.3) is 0 Å². The SMILES string of the molecule is CC1O[C@@H]2C(CI)O[C@H](O[C@@H]3C(CN)O[C@@H]4C(NCC4(C)O[C@@H]4C(CN)O[C@@H]1C(N)C4N)C3N)C(N)C2N. The second kappa shape index (κ2) is 11.4. The average Bonchev–Trinajstić information content (AvgIpc) is 3.23. The Morgan fingerprint density at radius 1 is 0.737 bits per heavy atom. The van der Waals surface area contributed by atoms with Crippen LogP contribution >= 0.6 is 22.6 Å². The molecular weight excluding hydrogens is 611 g/mol. The Morgan fingerprint density at radius 2 is 1.34 bits per heavy atom. The molecule has 17 atom stereocenters. The summed E-state index contributed by atoms with van der Waals surface area (Å²) < 4.78 is 39.5. The standard InChI is InChI=1S/C23H45IN8O6/c1-7-17-11(27)12(28)20(10(5-26)34-17)38-23(2)6-32-16-15(31)19(9(4-25)35-21(16)23)37-22-14(30)13(29)18(33-7)8(3-24)36-22/h7-22,32H,3-6,25-31H2,1-2H3/t7?,8?,9?,10?,11?,12?,13?,14?,15?,16?,17-,18+,19+,20+,21+,22+,23?/m0/s1. The van der Waals surface area contributed by atoms with E-state index in [0.717, 1.165) is 0 Å². The van der Waals surface area contributed by atoms with Crippen molar-refractivity contribution in [3.63, 3.8) is 0 Å². The Kier molecular flexibility index (Phi) is 8.94. The van der Waals surface area contributed by atoms with Crippen LogP contribution in [0.5, 0.6) is 0 Å². The highest BCUT2D eigenvalue weighted by molar-refractivity contribution is 14.1. The summed E-state index contributed by atoms with van der Waals surface area (Å²) in [6.07, 6.45) is -5.44. The molecule has 8 heterocycles. The lowest BCUT2D eigenvalue weighted by Crippen LogP contribution is -2.71. The molecule has 11 unspecified atom stereocenters. The third kappa shape index (κ3) is 4.94. The van der Waals surface area contributed by atoms with E-state index in [1.165, 1.54) is 0 Å². The normalized spacial score (nSPS) is 57.3. The lowest BCUT2D eigenvalue weighted by Gasteiger charge is -2.50. The quantitative estimate of drug-likeness (QED) is 0.105. The first kappa shape index (κ1) is 29.7. The molecule has 15 heteroatoms. The van der Waals surface area contributed by atoms with Crippen LogP contribution in [0.4, 0.5) is 0 Å². The summed E-state index contributed by atoms with van der Waals surface area (Å²) in [6.45, 7) is 4.67. The van der Waals surface area contributed by atoms with E-state index in [4.69, 9.17) is 68.6 Å². The lowest BCUT2D eigenvalue weighted by atomic mass is 9.85. The molecule has 0 aromatic rings. The van der Waals surface area contributed by atoms with Gasteiger partial charge in [-0.2, -0.15) is 0 Å². The van der Waals surface area contributed by atoms with Gasteiger partial charge >= 0.3 is 0 Å². The van der Waals surface area contributed by atoms with Gasteiger partial charge in [-0.3, -0.25) is 0 Å². The molecule has 14 nitrogen and oxygen atoms in total. The van der Waals surface area contributed by atoms with Gasteiger partial charge in [0.25, 0.3) is 0 Å². The van der Waals surface area contributed by atoms with Gasteiger partial charge in [-0.15, -0.1) is 0 Å². The fourth-order valence-corrected chi connectivity index (χ4v) is 7.41. The van der Waals surface area contributed by atoms with Crippen LogP contribution in [0.15, 0.2) is 0 Å². The van der Waals surface area contributed by atoms with Gasteiger partial charge in [0.05, 0.1) is 60.7 Å². The Balaban J connectivity index is 1.56. The van der Waals surface area contributed by atoms with Gasteiger partial charge in [0.2, 0.25) is 0 Å². The van der Waals surface area contributed by atoms with Crippen molar-refractivity contribution in [3.05, 3.63) is 0 Å². The van der Waals surface area contributed by atoms with Crippen LogP contribution in [0.1, 0.15) is 13.8 Å². The van der Waals surface area contributed by atoms with E-state index in [0.29, 0.717) is 11.0 Å². The molecule has 0 aliphatic carbocycles. The van der Waals surface area contributed by atoms with Gasteiger partial charge in [0.1, 0.15) is 36.1 Å². The Bertz CT molecular complexity index is 835. The minimum atomic E-state index is -0.825. The van der Waals surface area contributed by atoms with E-state index in [2.05, 4.69) is 27.9 Å². The summed E-state index contributed by atoms with van der Waals surface area (Å²) in [5, 5.41) is 3.48. The molecular formula is C23H45IN8O6. The van der Waals surface area contributed by atoms with Crippen molar-refractivity contribution < 1.29 is 28.4 Å². The van der Waals surface area contributed by atoms with Crippen LogP contribution in [-0.2, 0) is 28.4 Å². The van der Waals surface area contributed by atoms with Crippen molar-refractivity contribution in [2.24, 2.45) is 40.1 Å². The zero-order valence-electron chi connectivity index (χ0n) is 21.9. The van der Waals surface area contributed by atoms with Crippen LogP contribution < -0.4 is 45.5 Å². The van der Waals surface area contributed by atoms with E-state index in [1.54, 1.807) is 0 Å². The summed E-state index contributed by atoms with van der Waals surface area (Å²) in [4.78, 5) is 0. The van der Waals surface area contributed by atoms with Crippen molar-refractivity contribution in [2.45, 2.75) is 117 Å². The van der Waals surface area contributed by atoms with Crippen molar-refractivity contribution >= 4 is 22.6 Å². The van der Waals surface area contributed by atoms with Gasteiger partial charge in [-0.05, 0) is 13.8 Å². The lowest BCUT2D eigenvalue weighted by molar-refractivity contribution is -0.286. The molecule has 8 aliphatic rings. The number of alkyl halides is 1. The number of rotatable bonds is 3. The molecule has 8 aliphatic heterocycles. The number of hydrogen-bond acceptors (Lipinski definition) is 14. The number of hydrogen-bond donors (Lipinski definition) is 8. The zero-order valence-corrected chi connectivity index (χ0v) is 24.1. The minimum Gasteiger partial charge on any atom is -0.368 e. The van der Waals surface area contributed by atoms with Gasteiger partial charge in [-0.1, -0.05) is 22.6 Å². The molecule has 220 valence electrons. The van der Waals surface area contributed by atoms with Crippen LogP contribution in [0.2, 0.25) is 0 Å². The number of ether oxygens (including phenoxy) is 6. The summed E-state index contributed by atoms with van der Waals surface area (Å²) >= 11 is 2.24. The smallest absolute Gasteiger partial charge is 0.175 e. The first-order valence-electron chi connectivity index (χ1n) is 13.5. The second-order valence-electron chi connectivity index (χ2n) is 11.5. The van der Waals surface area contributed by atoms with Gasteiger partial charge in [0, 0.05) is 24.1 Å². The number of fused-ring (bicyclic) bond motifs is 2. The molecule has 0 aromatic heterocycles. The molecule has 0 saturated carbocycles. The third-order valence-corrected chi connectivity index (χ3v) is 9.83. The minimum absolute atomic E-state index is 0.175. The molecule has 8 bridgehead atoms. The topological polar surface area (TPSA) is 250 Å². The summed E-state index contributed by atoms with van der Waals surface area (Å²) in [5.74, 6) is 0. The highest BCUT2D eigenvalue weighted by atomic mass is 127. The Labute approximate surface area is 237 Å². The first-order valence-corrected chi connectivity index (χ1v) is 15.0. The van der Waals surface area contributed by atoms with Crippen LogP contribution in [-0.4, -0.2) is 127 Å². The van der Waals surface area contributed by atoms with Crippen molar-refractivity contribution in [1.29, 1.82) is 0 Å². The predicted octanol–water partition coefficient (Wildman–Crippen LogP) is -4.48. The third-order valence-electron chi connectivity index (χ3n) is 8.96. The zero-order chi connectivity index (χ0) is 27.5. The number of nitrogens with two attached hydrogens (primary N) is 7. The molecule has 0 spiro atoms. The predicted molar refractivity (Wildman–Crippen MR) is 147 cm³/mol. The molecule has 38 heavy (non-hydrogen) atoms. The number of halogens is 1. The molecule has 0 amide bonds. The summed E-state index contributed by atoms with van der Waals surface area (Å²) in [5.41, 5.74) is 45.0. The summed E-state index contributed by atoms with van der Waals surface area (Å²) in [6, 6.07) is -3.25. The molecule has 0 aromatic carbocycles. The van der Waals surface area contributed by atoms with Gasteiger partial charge in [0.15, 0.2) is 6.29 Å². The van der Waals surface area contributed by atoms with Crippen molar-refractivity contribution in [1.82, 2.24) is 5.32 Å². The Morgan fingerprint density at radius 3 is 2.00 bits per heavy atom. The molecule has 8 rings (SSSR count). The monoisotopic (exact) mass is 656 g/mol. The highest BCUT2D eigenvalue weighted by Gasteiger charge is 2.59. The van der Waals surface area contributed by atoms with E-state index in [1.807, 2.05) is 13.8 Å². The van der Waals surface area contributed by atoms with Crippen LogP contribution in [0.3, 0.4) is 0 Å². The molecule has 8 fully saturated rings. The maximum atomic E-state index is 6.81. The maximum absolute atomic E-state index is 6.81. The first-order chi connectivity index (χ1) is 18.0. The highest BCUT2D eigenvalue weighted by Crippen LogP contribution is 2.39. The van der Waals surface area contributed by atoms with E-state index in [9.17, 15) is 0 Å². The second-order valence-corrected chi connectivity index (χ2v) is 12.4. The average molecular weight is 657 g/mol. The largest absolute Gasteiger partial charge is 0.368 e. The van der Waals surface area contributed by atoms with Crippen LogP contribution in [0, 0.1) is 0 Å². The number of nitrogens with one attached hydrogen (secondary N) is 1. The van der Waals surface area contributed by atoms with Gasteiger partial charge in [-0.25, -0.2) is 0 Å². The van der Waals surface area contributed by atoms with Gasteiger partial charge < -0.3 is 73.9 Å². The van der Waals surface area contributed by atoms with E-state index < -0.39 is 97.0 Å². The van der Waals surface area contributed by atoms with E-state index >= 15 is 0 Å². The molecule has 8 saturated heterocycles. The van der Waals surface area contributed by atoms with E-state index in [-0.39, 0.29) is 19.1 Å². The fraction of sp³-hybridized carbons (Fsp3) is 1.00. The molecule has 0 radical (unpaired) electrons. The molecule has 15 N–H and O–H groups in total. The van der Waals surface area contributed by atoms with Crippen molar-refractivity contribution in [2.75, 3.05) is 24.1 Å². The Hall–Kier alpha value is 0.170. The van der Waals surface area contributed by atoms with Crippen molar-refractivity contribution in [3.8, 4) is 0 Å². The summed E-state index contributed by atoms with van der Waals surface area (Å²) in [7, 11) is 0. The maximum Gasteiger partial charge on any atom is 0.175 e. The fourth-order valence-electron chi connectivity index (χ4n) is 6.70.